The van der Waals surface area contributed by atoms with E-state index in [1.165, 1.54) is 23.9 Å². The molecule has 0 aliphatic heterocycles. The molecule has 0 saturated heterocycles. The van der Waals surface area contributed by atoms with Crippen LogP contribution in [0.2, 0.25) is 0 Å². The van der Waals surface area contributed by atoms with Gasteiger partial charge in [0.2, 0.25) is 0 Å². The molecule has 0 atom stereocenters. The first kappa shape index (κ1) is 11.1. The van der Waals surface area contributed by atoms with Crippen LogP contribution in [0.5, 0.6) is 0 Å². The van der Waals surface area contributed by atoms with Crippen molar-refractivity contribution in [3.63, 3.8) is 0 Å². The van der Waals surface area contributed by atoms with E-state index in [4.69, 9.17) is 6.42 Å². The van der Waals surface area contributed by atoms with Gasteiger partial charge in [-0.1, -0.05) is 0 Å². The van der Waals surface area contributed by atoms with Gasteiger partial charge in [-0.25, -0.2) is 8.78 Å². The van der Waals surface area contributed by atoms with Gasteiger partial charge in [-0.15, -0.1) is 24.1 Å². The Bertz CT molecular complexity index is 342. The smallest absolute Gasteiger partial charge is 0.139 e. The van der Waals surface area contributed by atoms with Crippen molar-refractivity contribution in [3.05, 3.63) is 29.8 Å². The van der Waals surface area contributed by atoms with Gasteiger partial charge in [-0.3, -0.25) is 0 Å². The number of thioether (sulfide) groups is 1. The zero-order chi connectivity index (χ0) is 10.4. The molecule has 0 saturated carbocycles. The molecule has 0 aliphatic rings. The largest absolute Gasteiger partial charge is 0.207 e. The molecule has 3 heteroatoms. The first-order valence-corrected chi connectivity index (χ1v) is 5.24. The van der Waals surface area contributed by atoms with Gasteiger partial charge in [-0.05, 0) is 24.3 Å². The molecule has 0 amide bonds. The van der Waals surface area contributed by atoms with Gasteiger partial charge in [0.25, 0.3) is 0 Å². The quantitative estimate of drug-likeness (QED) is 0.418. The van der Waals surface area contributed by atoms with Crippen LogP contribution in [-0.4, -0.2) is 5.75 Å². The molecule has 0 nitrogen and oxygen atoms in total. The average molecular weight is 212 g/mol. The summed E-state index contributed by atoms with van der Waals surface area (Å²) >= 11 is 1.36. The van der Waals surface area contributed by atoms with Gasteiger partial charge < -0.3 is 0 Å². The number of rotatable bonds is 4. The Labute approximate surface area is 86.7 Å². The van der Waals surface area contributed by atoms with E-state index in [0.717, 1.165) is 18.2 Å². The van der Waals surface area contributed by atoms with Crippen LogP contribution in [0.15, 0.2) is 23.1 Å². The van der Waals surface area contributed by atoms with Gasteiger partial charge in [-0.2, -0.15) is 0 Å². The van der Waals surface area contributed by atoms with Gasteiger partial charge >= 0.3 is 0 Å². The zero-order valence-corrected chi connectivity index (χ0v) is 8.41. The van der Waals surface area contributed by atoms with E-state index in [2.05, 4.69) is 5.92 Å². The Morgan fingerprint density at radius 2 is 2.14 bits per heavy atom. The highest BCUT2D eigenvalue weighted by atomic mass is 32.2. The van der Waals surface area contributed by atoms with Gasteiger partial charge in [0.1, 0.15) is 11.6 Å². The van der Waals surface area contributed by atoms with Gasteiger partial charge in [0.05, 0.1) is 0 Å². The van der Waals surface area contributed by atoms with Gasteiger partial charge in [0.15, 0.2) is 0 Å². The fraction of sp³-hybridized carbons (Fsp3) is 0.273. The molecule has 0 aliphatic carbocycles. The number of terminal acetylenes is 1. The number of hydrogen-bond donors (Lipinski definition) is 0. The van der Waals surface area contributed by atoms with E-state index in [1.807, 2.05) is 0 Å². The lowest BCUT2D eigenvalue weighted by Crippen LogP contribution is -1.85. The van der Waals surface area contributed by atoms with Crippen molar-refractivity contribution in [2.45, 2.75) is 17.7 Å². The van der Waals surface area contributed by atoms with Crippen molar-refractivity contribution in [1.82, 2.24) is 0 Å². The molecule has 0 unspecified atom stereocenters. The third kappa shape index (κ3) is 3.39. The molecule has 0 bridgehead atoms. The number of hydrogen-bond acceptors (Lipinski definition) is 1. The highest BCUT2D eigenvalue weighted by Gasteiger charge is 2.03. The second-order valence-corrected chi connectivity index (χ2v) is 3.87. The molecule has 1 aromatic carbocycles. The minimum atomic E-state index is -0.546. The van der Waals surface area contributed by atoms with Crippen LogP contribution >= 0.6 is 11.8 Å². The maximum absolute atomic E-state index is 13.1. The Hall–Kier alpha value is -1.01. The van der Waals surface area contributed by atoms with E-state index >= 15 is 0 Å². The molecule has 0 radical (unpaired) electrons. The average Bonchev–Trinajstić information content (AvgIpc) is 2.15. The zero-order valence-electron chi connectivity index (χ0n) is 7.59. The molecule has 14 heavy (non-hydrogen) atoms. The van der Waals surface area contributed by atoms with E-state index in [0.29, 0.717) is 11.3 Å². The molecule has 74 valence electrons. The van der Waals surface area contributed by atoms with Crippen LogP contribution in [0, 0.1) is 24.0 Å². The summed E-state index contributed by atoms with van der Waals surface area (Å²) in [5.41, 5.74) is 0. The van der Waals surface area contributed by atoms with E-state index in [9.17, 15) is 8.78 Å². The highest BCUT2D eigenvalue weighted by molar-refractivity contribution is 7.99. The monoisotopic (exact) mass is 212 g/mol. The third-order valence-corrected chi connectivity index (χ3v) is 2.75. The predicted molar refractivity (Wildman–Crippen MR) is 55.1 cm³/mol. The molecule has 0 fully saturated rings. The Balaban J connectivity index is 2.47. The fourth-order valence-electron chi connectivity index (χ4n) is 0.949. The molecule has 0 N–H and O–H groups in total. The minimum Gasteiger partial charge on any atom is -0.207 e. The van der Waals surface area contributed by atoms with Crippen LogP contribution in [-0.2, 0) is 0 Å². The Kier molecular flexibility index (Phi) is 4.48. The lowest BCUT2D eigenvalue weighted by atomic mass is 10.3. The van der Waals surface area contributed by atoms with Crippen LogP contribution in [0.25, 0.3) is 0 Å². The van der Waals surface area contributed by atoms with E-state index in [1.54, 1.807) is 0 Å². The minimum absolute atomic E-state index is 0.475. The van der Waals surface area contributed by atoms with E-state index in [-0.39, 0.29) is 0 Å². The fourth-order valence-corrected chi connectivity index (χ4v) is 1.82. The predicted octanol–water partition coefficient (Wildman–Crippen LogP) is 3.47. The summed E-state index contributed by atoms with van der Waals surface area (Å²) in [5.74, 6) is 2.22. The summed E-state index contributed by atoms with van der Waals surface area (Å²) in [6, 6.07) is 3.60. The summed E-state index contributed by atoms with van der Waals surface area (Å²) < 4.78 is 25.6. The molecule has 0 spiro atoms. The van der Waals surface area contributed by atoms with Crippen molar-refractivity contribution in [1.29, 1.82) is 0 Å². The van der Waals surface area contributed by atoms with Crippen molar-refractivity contribution < 1.29 is 8.78 Å². The standard InChI is InChI=1S/C11H10F2S/c1-2-3-4-7-14-11-6-5-9(12)8-10(11)13/h1,5-6,8H,3-4,7H2. The van der Waals surface area contributed by atoms with Crippen molar-refractivity contribution in [3.8, 4) is 12.3 Å². The Morgan fingerprint density at radius 1 is 1.36 bits per heavy atom. The summed E-state index contributed by atoms with van der Waals surface area (Å²) in [7, 11) is 0. The second-order valence-electron chi connectivity index (χ2n) is 2.73. The number of halogens is 2. The first-order chi connectivity index (χ1) is 6.74. The van der Waals surface area contributed by atoms with E-state index < -0.39 is 11.6 Å². The van der Waals surface area contributed by atoms with Crippen LogP contribution in [0.1, 0.15) is 12.8 Å². The summed E-state index contributed by atoms with van der Waals surface area (Å²) in [4.78, 5) is 0.475. The molecule has 1 rings (SSSR count). The molecule has 0 heterocycles. The third-order valence-electron chi connectivity index (χ3n) is 1.62. The Morgan fingerprint density at radius 3 is 2.79 bits per heavy atom. The SMILES string of the molecule is C#CCCCSc1ccc(F)cc1F. The van der Waals surface area contributed by atoms with Crippen LogP contribution in [0.3, 0.4) is 0 Å². The summed E-state index contributed by atoms with van der Waals surface area (Å²) in [6.07, 6.45) is 6.61. The maximum Gasteiger partial charge on any atom is 0.139 e. The van der Waals surface area contributed by atoms with Crippen molar-refractivity contribution in [2.75, 3.05) is 5.75 Å². The number of unbranched alkanes of at least 4 members (excludes halogenated alkanes) is 1. The molecule has 0 aromatic heterocycles. The number of benzene rings is 1. The van der Waals surface area contributed by atoms with Gasteiger partial charge in [0, 0.05) is 17.4 Å². The van der Waals surface area contributed by atoms with Crippen molar-refractivity contribution >= 4 is 11.8 Å². The molecular formula is C11H10F2S. The van der Waals surface area contributed by atoms with Crippen molar-refractivity contribution in [2.24, 2.45) is 0 Å². The van der Waals surface area contributed by atoms with Crippen LogP contribution in [0.4, 0.5) is 8.78 Å². The lowest BCUT2D eigenvalue weighted by molar-refractivity contribution is 0.565. The first-order valence-electron chi connectivity index (χ1n) is 4.25. The maximum atomic E-state index is 13.1. The molecular weight excluding hydrogens is 202 g/mol. The lowest BCUT2D eigenvalue weighted by Gasteiger charge is -2.01. The summed E-state index contributed by atoms with van der Waals surface area (Å²) in [6.45, 7) is 0. The highest BCUT2D eigenvalue weighted by Crippen LogP contribution is 2.23. The normalized spacial score (nSPS) is 9.79. The van der Waals surface area contributed by atoms with Crippen LogP contribution < -0.4 is 0 Å². The topological polar surface area (TPSA) is 0 Å². The summed E-state index contributed by atoms with van der Waals surface area (Å²) in [5, 5.41) is 0. The molecule has 1 aromatic rings. The second kappa shape index (κ2) is 5.66.